The van der Waals surface area contributed by atoms with E-state index >= 15 is 0 Å². The molecule has 0 spiro atoms. The van der Waals surface area contributed by atoms with Gasteiger partial charge in [0.1, 0.15) is 0 Å². The predicted octanol–water partition coefficient (Wildman–Crippen LogP) is 0.261. The number of hydrogen-bond donors (Lipinski definition) is 2. The summed E-state index contributed by atoms with van der Waals surface area (Å²) in [5.74, 6) is 0.00477. The minimum Gasteiger partial charge on any atom is -0.351 e. The molecular formula is C11H20N4O. The third-order valence-corrected chi connectivity index (χ3v) is 2.92. The number of likely N-dealkylation sites (N-methyl/N-ethyl adjacent to an activating group) is 1. The van der Waals surface area contributed by atoms with Gasteiger partial charge in [-0.3, -0.25) is 9.48 Å². The molecule has 0 saturated heterocycles. The van der Waals surface area contributed by atoms with Crippen molar-refractivity contribution in [1.29, 1.82) is 0 Å². The molecule has 0 bridgehead atoms. The van der Waals surface area contributed by atoms with E-state index in [4.69, 9.17) is 0 Å². The number of carbonyl (C=O) groups is 1. The van der Waals surface area contributed by atoms with Crippen LogP contribution in [-0.2, 0) is 18.4 Å². The second kappa shape index (κ2) is 5.12. The van der Waals surface area contributed by atoms with E-state index in [-0.39, 0.29) is 11.9 Å². The molecule has 1 aromatic heterocycles. The summed E-state index contributed by atoms with van der Waals surface area (Å²) in [7, 11) is 3.68. The van der Waals surface area contributed by atoms with E-state index in [1.54, 1.807) is 7.05 Å². The Morgan fingerprint density at radius 2 is 2.12 bits per heavy atom. The molecule has 1 unspecified atom stereocenters. The number of amides is 1. The molecule has 5 heteroatoms. The molecule has 1 amide bonds. The number of carbonyl (C=O) groups excluding carboxylic acids is 1. The van der Waals surface area contributed by atoms with Crippen LogP contribution in [0.1, 0.15) is 23.9 Å². The Kier molecular flexibility index (Phi) is 4.06. The standard InChI is InChI=1S/C11H20N4O/c1-7-10(9(3)15(5)14-7)6-13-11(16)8(2)12-4/h8,12H,6H2,1-5H3,(H,13,16). The lowest BCUT2D eigenvalue weighted by atomic mass is 10.2. The van der Waals surface area contributed by atoms with Crippen molar-refractivity contribution >= 4 is 5.91 Å². The molecule has 0 aliphatic heterocycles. The van der Waals surface area contributed by atoms with Gasteiger partial charge in [-0.2, -0.15) is 5.10 Å². The van der Waals surface area contributed by atoms with Crippen molar-refractivity contribution in [2.45, 2.75) is 33.4 Å². The summed E-state index contributed by atoms with van der Waals surface area (Å²) in [6.45, 7) is 6.33. The second-order valence-electron chi connectivity index (χ2n) is 4.00. The molecule has 0 aliphatic rings. The summed E-state index contributed by atoms with van der Waals surface area (Å²) < 4.78 is 1.83. The lowest BCUT2D eigenvalue weighted by molar-refractivity contribution is -0.122. The highest BCUT2D eigenvalue weighted by Crippen LogP contribution is 2.11. The van der Waals surface area contributed by atoms with Gasteiger partial charge in [-0.1, -0.05) is 0 Å². The fourth-order valence-corrected chi connectivity index (χ4v) is 1.53. The molecule has 0 fully saturated rings. The van der Waals surface area contributed by atoms with Crippen LogP contribution in [0, 0.1) is 13.8 Å². The van der Waals surface area contributed by atoms with Crippen molar-refractivity contribution in [3.05, 3.63) is 17.0 Å². The van der Waals surface area contributed by atoms with E-state index < -0.39 is 0 Å². The van der Waals surface area contributed by atoms with Gasteiger partial charge in [-0.15, -0.1) is 0 Å². The Bertz CT molecular complexity index is 384. The molecule has 90 valence electrons. The van der Waals surface area contributed by atoms with Crippen molar-refractivity contribution in [3.63, 3.8) is 0 Å². The summed E-state index contributed by atoms with van der Waals surface area (Å²) in [6, 6.07) is -0.169. The average Bonchev–Trinajstić information content (AvgIpc) is 2.49. The SMILES string of the molecule is CNC(C)C(=O)NCc1c(C)nn(C)c1C. The Labute approximate surface area is 96.2 Å². The smallest absolute Gasteiger partial charge is 0.237 e. The Hall–Kier alpha value is -1.36. The zero-order valence-corrected chi connectivity index (χ0v) is 10.6. The van der Waals surface area contributed by atoms with Gasteiger partial charge in [0.05, 0.1) is 11.7 Å². The van der Waals surface area contributed by atoms with Crippen LogP contribution in [0.4, 0.5) is 0 Å². The first-order valence-electron chi connectivity index (χ1n) is 5.41. The lowest BCUT2D eigenvalue weighted by Crippen LogP contribution is -2.40. The Morgan fingerprint density at radius 1 is 1.50 bits per heavy atom. The number of nitrogens with one attached hydrogen (secondary N) is 2. The van der Waals surface area contributed by atoms with Gasteiger partial charge in [0.25, 0.3) is 0 Å². The van der Waals surface area contributed by atoms with Gasteiger partial charge in [0.2, 0.25) is 5.91 Å². The minimum atomic E-state index is -0.169. The van der Waals surface area contributed by atoms with Crippen LogP contribution < -0.4 is 10.6 Å². The summed E-state index contributed by atoms with van der Waals surface area (Å²) in [4.78, 5) is 11.6. The van der Waals surface area contributed by atoms with Crippen LogP contribution in [-0.4, -0.2) is 28.8 Å². The normalized spacial score (nSPS) is 12.6. The monoisotopic (exact) mass is 224 g/mol. The van der Waals surface area contributed by atoms with E-state index in [9.17, 15) is 4.79 Å². The third-order valence-electron chi connectivity index (χ3n) is 2.92. The number of aryl methyl sites for hydroxylation is 2. The van der Waals surface area contributed by atoms with Gasteiger partial charge in [0.15, 0.2) is 0 Å². The molecule has 1 aromatic rings. The van der Waals surface area contributed by atoms with E-state index in [2.05, 4.69) is 15.7 Å². The maximum Gasteiger partial charge on any atom is 0.237 e. The predicted molar refractivity (Wildman–Crippen MR) is 63.1 cm³/mol. The van der Waals surface area contributed by atoms with Crippen LogP contribution >= 0.6 is 0 Å². The summed E-state index contributed by atoms with van der Waals surface area (Å²) in [5.41, 5.74) is 3.16. The van der Waals surface area contributed by atoms with Crippen LogP contribution in [0.25, 0.3) is 0 Å². The highest BCUT2D eigenvalue weighted by molar-refractivity contribution is 5.81. The van der Waals surface area contributed by atoms with Gasteiger partial charge in [-0.25, -0.2) is 0 Å². The number of hydrogen-bond acceptors (Lipinski definition) is 3. The van der Waals surface area contributed by atoms with Crippen LogP contribution in [0.3, 0.4) is 0 Å². The van der Waals surface area contributed by atoms with E-state index in [0.717, 1.165) is 17.0 Å². The van der Waals surface area contributed by atoms with Gasteiger partial charge in [-0.05, 0) is 27.8 Å². The van der Waals surface area contributed by atoms with Gasteiger partial charge in [0, 0.05) is 24.8 Å². The topological polar surface area (TPSA) is 59.0 Å². The summed E-state index contributed by atoms with van der Waals surface area (Å²) in [5, 5.41) is 10.1. The molecular weight excluding hydrogens is 204 g/mol. The van der Waals surface area contributed by atoms with Crippen LogP contribution in [0.15, 0.2) is 0 Å². The highest BCUT2D eigenvalue weighted by Gasteiger charge is 2.13. The van der Waals surface area contributed by atoms with Crippen molar-refractivity contribution in [3.8, 4) is 0 Å². The fourth-order valence-electron chi connectivity index (χ4n) is 1.53. The zero-order chi connectivity index (χ0) is 12.3. The first kappa shape index (κ1) is 12.7. The highest BCUT2D eigenvalue weighted by atomic mass is 16.2. The number of aromatic nitrogens is 2. The van der Waals surface area contributed by atoms with Crippen molar-refractivity contribution in [1.82, 2.24) is 20.4 Å². The zero-order valence-electron chi connectivity index (χ0n) is 10.6. The quantitative estimate of drug-likeness (QED) is 0.771. The Morgan fingerprint density at radius 3 is 2.56 bits per heavy atom. The fraction of sp³-hybridized carbons (Fsp3) is 0.636. The van der Waals surface area contributed by atoms with Crippen molar-refractivity contribution < 1.29 is 4.79 Å². The van der Waals surface area contributed by atoms with Crippen LogP contribution in [0.2, 0.25) is 0 Å². The molecule has 16 heavy (non-hydrogen) atoms. The van der Waals surface area contributed by atoms with Crippen molar-refractivity contribution in [2.24, 2.45) is 7.05 Å². The molecule has 0 radical (unpaired) electrons. The Balaban J connectivity index is 2.65. The first-order valence-corrected chi connectivity index (χ1v) is 5.41. The average molecular weight is 224 g/mol. The molecule has 1 atom stereocenters. The summed E-state index contributed by atoms with van der Waals surface area (Å²) >= 11 is 0. The largest absolute Gasteiger partial charge is 0.351 e. The van der Waals surface area contributed by atoms with E-state index in [1.807, 2.05) is 32.5 Å². The maximum absolute atomic E-state index is 11.6. The molecule has 0 saturated carbocycles. The van der Waals surface area contributed by atoms with Crippen molar-refractivity contribution in [2.75, 3.05) is 7.05 Å². The minimum absolute atomic E-state index is 0.00477. The molecule has 2 N–H and O–H groups in total. The van der Waals surface area contributed by atoms with Crippen LogP contribution in [0.5, 0.6) is 0 Å². The number of rotatable bonds is 4. The van der Waals surface area contributed by atoms with E-state index in [1.165, 1.54) is 0 Å². The van der Waals surface area contributed by atoms with E-state index in [0.29, 0.717) is 6.54 Å². The molecule has 5 nitrogen and oxygen atoms in total. The molecule has 0 aliphatic carbocycles. The lowest BCUT2D eigenvalue weighted by Gasteiger charge is -2.11. The van der Waals surface area contributed by atoms with Gasteiger partial charge >= 0.3 is 0 Å². The molecule has 1 rings (SSSR count). The maximum atomic E-state index is 11.6. The number of nitrogens with zero attached hydrogens (tertiary/aromatic N) is 2. The first-order chi connectivity index (χ1) is 7.47. The third kappa shape index (κ3) is 2.61. The summed E-state index contributed by atoms with van der Waals surface area (Å²) in [6.07, 6.45) is 0. The van der Waals surface area contributed by atoms with Gasteiger partial charge < -0.3 is 10.6 Å². The second-order valence-corrected chi connectivity index (χ2v) is 4.00. The molecule has 0 aromatic carbocycles. The molecule has 1 heterocycles.